The highest BCUT2D eigenvalue weighted by molar-refractivity contribution is 6.30. The van der Waals surface area contributed by atoms with Gasteiger partial charge in [0.2, 0.25) is 0 Å². The Morgan fingerprint density at radius 3 is 2.50 bits per heavy atom. The Hall–Kier alpha value is -3.66. The van der Waals surface area contributed by atoms with Crippen LogP contribution in [0, 0.1) is 10.7 Å². The molecule has 0 aliphatic carbocycles. The van der Waals surface area contributed by atoms with E-state index in [4.69, 9.17) is 11.6 Å². The lowest BCUT2D eigenvalue weighted by Crippen LogP contribution is -2.39. The van der Waals surface area contributed by atoms with Crippen LogP contribution in [0.1, 0.15) is 12.1 Å². The van der Waals surface area contributed by atoms with E-state index in [1.807, 2.05) is 0 Å². The fourth-order valence-corrected chi connectivity index (χ4v) is 3.61. The maximum atomic E-state index is 13.5. The Balaban J connectivity index is 1.98. The summed E-state index contributed by atoms with van der Waals surface area (Å²) in [5, 5.41) is 3.25. The molecule has 0 spiro atoms. The highest BCUT2D eigenvalue weighted by Gasteiger charge is 2.21. The van der Waals surface area contributed by atoms with E-state index in [2.05, 4.69) is 15.1 Å². The number of hydrogen-bond donors (Lipinski definition) is 0. The number of rotatable bonds is 7. The van der Waals surface area contributed by atoms with E-state index < -0.39 is 17.1 Å². The molecule has 0 N–H and O–H groups in total. The maximum absolute atomic E-state index is 13.5. The number of benzene rings is 1. The number of fused-ring (bicyclic) bond motifs is 1. The van der Waals surface area contributed by atoms with Crippen LogP contribution in [0.3, 0.4) is 0 Å². The van der Waals surface area contributed by atoms with Crippen molar-refractivity contribution in [2.75, 3.05) is 6.54 Å². The molecule has 0 aliphatic rings. The average Bonchev–Trinajstić information content (AvgIpc) is 3.16. The third-order valence-corrected chi connectivity index (χ3v) is 5.30. The molecular formula is C21H18ClFN6O3. The molecule has 0 atom stereocenters. The molecule has 9 nitrogen and oxygen atoms in total. The number of hydrogen-bond acceptors (Lipinski definition) is 6. The molecular weight excluding hydrogens is 439 g/mol. The van der Waals surface area contributed by atoms with Crippen molar-refractivity contribution in [2.45, 2.75) is 19.5 Å². The van der Waals surface area contributed by atoms with Gasteiger partial charge in [-0.25, -0.2) is 14.2 Å². The van der Waals surface area contributed by atoms with Crippen molar-refractivity contribution in [3.63, 3.8) is 0 Å². The third kappa shape index (κ3) is 3.96. The molecule has 32 heavy (non-hydrogen) atoms. The third-order valence-electron chi connectivity index (χ3n) is 5.07. The van der Waals surface area contributed by atoms with E-state index in [-0.39, 0.29) is 37.2 Å². The number of pyridine rings is 1. The van der Waals surface area contributed by atoms with Crippen LogP contribution >= 0.6 is 11.6 Å². The molecule has 0 unspecified atom stereocenters. The zero-order valence-corrected chi connectivity index (χ0v) is 17.8. The van der Waals surface area contributed by atoms with Gasteiger partial charge in [0.15, 0.2) is 11.2 Å². The minimum Gasteiger partial charge on any atom is -0.312 e. The molecule has 0 fully saturated rings. The highest BCUT2D eigenvalue weighted by Crippen LogP contribution is 2.24. The van der Waals surface area contributed by atoms with Gasteiger partial charge < -0.3 is 4.57 Å². The lowest BCUT2D eigenvalue weighted by Gasteiger charge is -2.11. The Morgan fingerprint density at radius 1 is 1.09 bits per heavy atom. The number of nitroso groups, excluding NO2 is 1. The van der Waals surface area contributed by atoms with Gasteiger partial charge in [-0.2, -0.15) is 4.91 Å². The van der Waals surface area contributed by atoms with Gasteiger partial charge in [-0.3, -0.25) is 18.9 Å². The first-order chi connectivity index (χ1) is 15.4. The summed E-state index contributed by atoms with van der Waals surface area (Å²) in [6, 6.07) is 9.09. The summed E-state index contributed by atoms with van der Waals surface area (Å²) in [7, 11) is 1.52. The summed E-state index contributed by atoms with van der Waals surface area (Å²) in [5.74, 6) is -0.0227. The SMILES string of the molecule is Cn1c(=O)n(CCCN=O)c(=O)c2c1nc(-c1ccc(F)cc1)n2Cc1ccc(Cl)cn1. The molecule has 1 aromatic carbocycles. The second kappa shape index (κ2) is 8.83. The summed E-state index contributed by atoms with van der Waals surface area (Å²) in [5.41, 5.74) is 0.486. The predicted octanol–water partition coefficient (Wildman–Crippen LogP) is 2.96. The first-order valence-corrected chi connectivity index (χ1v) is 10.1. The van der Waals surface area contributed by atoms with Crippen molar-refractivity contribution in [3.8, 4) is 11.4 Å². The standard InChI is InChI=1S/C21H18ClFN6O3/c1-27-19-17(20(30)28(21(27)31)10-2-9-25-32)29(12-16-8-5-14(22)11-24-16)18(26-19)13-3-6-15(23)7-4-13/h3-8,11H,2,9-10,12H2,1H3. The van der Waals surface area contributed by atoms with Crippen LogP contribution in [0.4, 0.5) is 4.39 Å². The van der Waals surface area contributed by atoms with Crippen molar-refractivity contribution in [2.24, 2.45) is 12.2 Å². The molecule has 0 saturated carbocycles. The van der Waals surface area contributed by atoms with E-state index in [9.17, 15) is 18.9 Å². The van der Waals surface area contributed by atoms with Gasteiger partial charge in [-0.1, -0.05) is 16.8 Å². The minimum absolute atomic E-state index is 0.0115. The van der Waals surface area contributed by atoms with Crippen LogP contribution in [0.15, 0.2) is 57.4 Å². The monoisotopic (exact) mass is 456 g/mol. The van der Waals surface area contributed by atoms with E-state index in [1.165, 1.54) is 29.9 Å². The van der Waals surface area contributed by atoms with Crippen LogP contribution in [-0.4, -0.2) is 30.2 Å². The van der Waals surface area contributed by atoms with Crippen molar-refractivity contribution < 1.29 is 4.39 Å². The second-order valence-corrected chi connectivity index (χ2v) is 7.61. The fraction of sp³-hybridized carbons (Fsp3) is 0.238. The van der Waals surface area contributed by atoms with Gasteiger partial charge in [0.1, 0.15) is 11.6 Å². The van der Waals surface area contributed by atoms with Crippen LogP contribution in [0.2, 0.25) is 5.02 Å². The summed E-state index contributed by atoms with van der Waals surface area (Å²) < 4.78 is 17.5. The fourth-order valence-electron chi connectivity index (χ4n) is 3.50. The smallest absolute Gasteiger partial charge is 0.312 e. The molecule has 0 bridgehead atoms. The molecule has 0 aliphatic heterocycles. The summed E-state index contributed by atoms with van der Waals surface area (Å²) in [4.78, 5) is 45.4. The number of imidazole rings is 1. The number of aryl methyl sites for hydroxylation is 1. The first kappa shape index (κ1) is 21.6. The zero-order chi connectivity index (χ0) is 22.8. The van der Waals surface area contributed by atoms with Gasteiger partial charge in [-0.15, -0.1) is 0 Å². The predicted molar refractivity (Wildman–Crippen MR) is 118 cm³/mol. The van der Waals surface area contributed by atoms with E-state index in [1.54, 1.807) is 28.8 Å². The number of nitrogens with zero attached hydrogens (tertiary/aromatic N) is 6. The van der Waals surface area contributed by atoms with Crippen molar-refractivity contribution in [1.82, 2.24) is 23.7 Å². The maximum Gasteiger partial charge on any atom is 0.332 e. The topological polar surface area (TPSA) is 104 Å². The second-order valence-electron chi connectivity index (χ2n) is 7.17. The van der Waals surface area contributed by atoms with Crippen LogP contribution in [-0.2, 0) is 20.1 Å². The van der Waals surface area contributed by atoms with Crippen molar-refractivity contribution in [3.05, 3.63) is 84.9 Å². The quantitative estimate of drug-likeness (QED) is 0.314. The first-order valence-electron chi connectivity index (χ1n) is 9.76. The molecule has 3 aromatic heterocycles. The average molecular weight is 457 g/mol. The lowest BCUT2D eigenvalue weighted by atomic mass is 10.2. The van der Waals surface area contributed by atoms with Gasteiger partial charge in [0, 0.05) is 25.4 Å². The largest absolute Gasteiger partial charge is 0.332 e. The molecule has 0 saturated heterocycles. The Bertz CT molecular complexity index is 1410. The molecule has 0 radical (unpaired) electrons. The van der Waals surface area contributed by atoms with Crippen molar-refractivity contribution >= 4 is 22.8 Å². The zero-order valence-electron chi connectivity index (χ0n) is 17.0. The van der Waals surface area contributed by atoms with Crippen molar-refractivity contribution in [1.29, 1.82) is 0 Å². The van der Waals surface area contributed by atoms with Gasteiger partial charge in [0.05, 0.1) is 23.8 Å². The van der Waals surface area contributed by atoms with Crippen LogP contribution in [0.5, 0.6) is 0 Å². The molecule has 0 amide bonds. The molecule has 11 heteroatoms. The molecule has 3 heterocycles. The van der Waals surface area contributed by atoms with E-state index in [0.717, 1.165) is 4.57 Å². The van der Waals surface area contributed by atoms with Gasteiger partial charge >= 0.3 is 5.69 Å². The number of halogens is 2. The van der Waals surface area contributed by atoms with Gasteiger partial charge in [0.25, 0.3) is 5.56 Å². The number of aromatic nitrogens is 5. The highest BCUT2D eigenvalue weighted by atomic mass is 35.5. The normalized spacial score (nSPS) is 11.2. The lowest BCUT2D eigenvalue weighted by molar-refractivity contribution is 0.576. The molecule has 4 rings (SSSR count). The van der Waals surface area contributed by atoms with Gasteiger partial charge in [-0.05, 0) is 42.8 Å². The van der Waals surface area contributed by atoms with E-state index >= 15 is 0 Å². The molecule has 4 aromatic rings. The summed E-state index contributed by atoms with van der Waals surface area (Å²) >= 11 is 5.94. The Labute approximate surface area is 185 Å². The van der Waals surface area contributed by atoms with Crippen LogP contribution < -0.4 is 11.2 Å². The summed E-state index contributed by atoms with van der Waals surface area (Å²) in [6.07, 6.45) is 1.75. The molecule has 164 valence electrons. The van der Waals surface area contributed by atoms with E-state index in [0.29, 0.717) is 22.1 Å². The van der Waals surface area contributed by atoms with Crippen LogP contribution in [0.25, 0.3) is 22.6 Å². The summed E-state index contributed by atoms with van der Waals surface area (Å²) in [6.45, 7) is 0.204. The Kier molecular flexibility index (Phi) is 5.95. The Morgan fingerprint density at radius 2 is 1.84 bits per heavy atom. The minimum atomic E-state index is -0.548.